The monoisotopic (exact) mass is 427 g/mol. The Hall–Kier alpha value is -2.87. The average Bonchev–Trinajstić information content (AvgIpc) is 3.28. The van der Waals surface area contributed by atoms with Crippen LogP contribution in [0.25, 0.3) is 11.3 Å². The van der Waals surface area contributed by atoms with Gasteiger partial charge in [0, 0.05) is 37.9 Å². The van der Waals surface area contributed by atoms with Crippen molar-refractivity contribution < 1.29 is 19.0 Å². The van der Waals surface area contributed by atoms with Gasteiger partial charge in [0.2, 0.25) is 5.88 Å². The lowest BCUT2D eigenvalue weighted by Gasteiger charge is -2.23. The summed E-state index contributed by atoms with van der Waals surface area (Å²) in [7, 11) is 1.77. The molecule has 2 aromatic rings. The predicted octanol–water partition coefficient (Wildman–Crippen LogP) is 2.27. The van der Waals surface area contributed by atoms with Gasteiger partial charge in [-0.2, -0.15) is 4.98 Å². The summed E-state index contributed by atoms with van der Waals surface area (Å²) < 4.78 is 18.7. The molecular formula is C23H29N3O5. The normalized spacial score (nSPS) is 17.2. The van der Waals surface area contributed by atoms with E-state index in [1.807, 2.05) is 38.1 Å². The Morgan fingerprint density at radius 1 is 1.32 bits per heavy atom. The fourth-order valence-corrected chi connectivity index (χ4v) is 3.84. The van der Waals surface area contributed by atoms with Crippen LogP contribution in [0.1, 0.15) is 32.3 Å². The number of carbonyl (C=O) groups excluding carboxylic acids is 1. The Bertz CT molecular complexity index is 1010. The van der Waals surface area contributed by atoms with Gasteiger partial charge in [-0.3, -0.25) is 9.36 Å². The highest BCUT2D eigenvalue weighted by Crippen LogP contribution is 2.32. The van der Waals surface area contributed by atoms with E-state index < -0.39 is 0 Å². The van der Waals surface area contributed by atoms with Gasteiger partial charge in [0.25, 0.3) is 5.91 Å². The van der Waals surface area contributed by atoms with Crippen LogP contribution in [0.4, 0.5) is 0 Å². The van der Waals surface area contributed by atoms with E-state index >= 15 is 0 Å². The number of likely N-dealkylation sites (N-methyl/N-ethyl adjacent to an activating group) is 1. The Morgan fingerprint density at radius 3 is 2.90 bits per heavy atom. The number of hydrogen-bond donors (Lipinski definition) is 0. The van der Waals surface area contributed by atoms with Crippen molar-refractivity contribution in [2.45, 2.75) is 51.8 Å². The number of carbonyl (C=O) groups is 1. The summed E-state index contributed by atoms with van der Waals surface area (Å²) in [5.41, 5.74) is 2.49. The molecule has 1 atom stereocenters. The largest absolute Gasteiger partial charge is 0.484 e. The summed E-state index contributed by atoms with van der Waals surface area (Å²) in [6.45, 7) is 5.61. The molecule has 4 rings (SSSR count). The topological polar surface area (TPSA) is 82.9 Å². The second-order valence-electron chi connectivity index (χ2n) is 8.32. The lowest BCUT2D eigenvalue weighted by Crippen LogP contribution is -2.36. The summed E-state index contributed by atoms with van der Waals surface area (Å²) in [6, 6.07) is 7.64. The lowest BCUT2D eigenvalue weighted by molar-refractivity contribution is -0.133. The van der Waals surface area contributed by atoms with Crippen LogP contribution in [0, 0.1) is 0 Å². The van der Waals surface area contributed by atoms with Gasteiger partial charge in [0.15, 0.2) is 6.61 Å². The van der Waals surface area contributed by atoms with Crippen LogP contribution < -0.4 is 15.2 Å². The van der Waals surface area contributed by atoms with Crippen molar-refractivity contribution in [2.24, 2.45) is 0 Å². The average molecular weight is 428 g/mol. The molecule has 0 bridgehead atoms. The van der Waals surface area contributed by atoms with Crippen LogP contribution in [0.15, 0.2) is 29.1 Å². The minimum atomic E-state index is -0.312. The number of rotatable bonds is 7. The molecule has 1 amide bonds. The first-order valence-electron chi connectivity index (χ1n) is 10.8. The Kier molecular flexibility index (Phi) is 6.27. The number of amides is 1. The fraction of sp³-hybridized carbons (Fsp3) is 0.522. The van der Waals surface area contributed by atoms with Crippen molar-refractivity contribution in [3.8, 4) is 22.9 Å². The molecule has 8 heteroatoms. The van der Waals surface area contributed by atoms with Crippen molar-refractivity contribution in [3.63, 3.8) is 0 Å². The molecule has 0 radical (unpaired) electrons. The van der Waals surface area contributed by atoms with E-state index in [4.69, 9.17) is 14.2 Å². The minimum Gasteiger partial charge on any atom is -0.484 e. The van der Waals surface area contributed by atoms with Crippen molar-refractivity contribution in [2.75, 3.05) is 26.9 Å². The first-order chi connectivity index (χ1) is 14.9. The van der Waals surface area contributed by atoms with Gasteiger partial charge in [-0.1, -0.05) is 0 Å². The first-order valence-corrected chi connectivity index (χ1v) is 10.8. The van der Waals surface area contributed by atoms with Crippen LogP contribution in [0.3, 0.4) is 0 Å². The van der Waals surface area contributed by atoms with E-state index in [0.717, 1.165) is 36.3 Å². The van der Waals surface area contributed by atoms with Gasteiger partial charge < -0.3 is 19.1 Å². The number of aromatic nitrogens is 2. The number of hydrogen-bond acceptors (Lipinski definition) is 6. The highest BCUT2D eigenvalue weighted by atomic mass is 16.5. The molecule has 1 aromatic heterocycles. The summed E-state index contributed by atoms with van der Waals surface area (Å²) in [5, 5.41) is 0. The zero-order valence-corrected chi connectivity index (χ0v) is 18.3. The van der Waals surface area contributed by atoms with Gasteiger partial charge in [-0.05, 0) is 56.9 Å². The van der Waals surface area contributed by atoms with E-state index in [2.05, 4.69) is 4.98 Å². The second kappa shape index (κ2) is 9.09. The standard InChI is InChI=1S/C23H29N3O5/c1-15(2)25(3)22(27)14-30-17-6-7-19-16(11-17)8-9-26-20(19)12-21(24-23(26)28)31-13-18-5-4-10-29-18/h6-7,11-12,15,18H,4-5,8-10,13-14H2,1-3H3. The Labute approximate surface area is 181 Å². The summed E-state index contributed by atoms with van der Waals surface area (Å²) in [6.07, 6.45) is 2.75. The highest BCUT2D eigenvalue weighted by molar-refractivity contribution is 5.77. The van der Waals surface area contributed by atoms with Crippen molar-refractivity contribution in [1.29, 1.82) is 0 Å². The molecule has 31 heavy (non-hydrogen) atoms. The third-order valence-electron chi connectivity index (χ3n) is 5.92. The molecule has 1 fully saturated rings. The Morgan fingerprint density at radius 2 is 2.16 bits per heavy atom. The van der Waals surface area contributed by atoms with Gasteiger partial charge >= 0.3 is 5.69 Å². The van der Waals surface area contributed by atoms with Crippen molar-refractivity contribution in [3.05, 3.63) is 40.3 Å². The van der Waals surface area contributed by atoms with Crippen molar-refractivity contribution >= 4 is 5.91 Å². The van der Waals surface area contributed by atoms with Gasteiger partial charge in [-0.15, -0.1) is 0 Å². The summed E-state index contributed by atoms with van der Waals surface area (Å²) in [4.78, 5) is 30.4. The van der Waals surface area contributed by atoms with Crippen LogP contribution in [0.5, 0.6) is 11.6 Å². The summed E-state index contributed by atoms with van der Waals surface area (Å²) >= 11 is 0. The maximum absolute atomic E-state index is 12.5. The molecule has 166 valence electrons. The molecule has 0 saturated carbocycles. The van der Waals surface area contributed by atoms with E-state index in [0.29, 0.717) is 31.2 Å². The zero-order valence-electron chi connectivity index (χ0n) is 18.3. The smallest absolute Gasteiger partial charge is 0.351 e. The van der Waals surface area contributed by atoms with Crippen molar-refractivity contribution in [1.82, 2.24) is 14.5 Å². The van der Waals surface area contributed by atoms with Crippen LogP contribution in [0.2, 0.25) is 0 Å². The SMILES string of the molecule is CC(C)N(C)C(=O)COc1ccc2c(c1)CCn1c-2cc(OCC2CCCO2)nc1=O. The molecule has 0 spiro atoms. The minimum absolute atomic E-state index is 0.00530. The zero-order chi connectivity index (χ0) is 22.0. The first kappa shape index (κ1) is 21.4. The van der Waals surface area contributed by atoms with E-state index in [-0.39, 0.29) is 30.3 Å². The molecule has 2 aliphatic heterocycles. The maximum atomic E-state index is 12.5. The quantitative estimate of drug-likeness (QED) is 0.674. The predicted molar refractivity (Wildman–Crippen MR) is 116 cm³/mol. The molecule has 0 aliphatic carbocycles. The van der Waals surface area contributed by atoms with E-state index in [1.165, 1.54) is 0 Å². The van der Waals surface area contributed by atoms with E-state index in [9.17, 15) is 9.59 Å². The lowest BCUT2D eigenvalue weighted by atomic mass is 9.97. The molecule has 1 unspecified atom stereocenters. The molecule has 3 heterocycles. The molecule has 0 N–H and O–H groups in total. The number of ether oxygens (including phenoxy) is 3. The highest BCUT2D eigenvalue weighted by Gasteiger charge is 2.21. The molecule has 2 aliphatic rings. The third-order valence-corrected chi connectivity index (χ3v) is 5.92. The summed E-state index contributed by atoms with van der Waals surface area (Å²) in [5.74, 6) is 0.898. The van der Waals surface area contributed by atoms with Crippen LogP contribution in [-0.4, -0.2) is 59.4 Å². The van der Waals surface area contributed by atoms with Crippen LogP contribution >= 0.6 is 0 Å². The third kappa shape index (κ3) is 4.74. The molecular weight excluding hydrogens is 398 g/mol. The van der Waals surface area contributed by atoms with Gasteiger partial charge in [0.05, 0.1) is 11.8 Å². The van der Waals surface area contributed by atoms with Crippen LogP contribution in [-0.2, 0) is 22.5 Å². The van der Waals surface area contributed by atoms with Gasteiger partial charge in [-0.25, -0.2) is 4.79 Å². The number of nitrogens with zero attached hydrogens (tertiary/aromatic N) is 3. The van der Waals surface area contributed by atoms with E-state index in [1.54, 1.807) is 16.5 Å². The maximum Gasteiger partial charge on any atom is 0.351 e. The number of benzene rings is 1. The number of aryl methyl sites for hydroxylation is 1. The number of fused-ring (bicyclic) bond motifs is 3. The molecule has 8 nitrogen and oxygen atoms in total. The molecule has 1 saturated heterocycles. The fourth-order valence-electron chi connectivity index (χ4n) is 3.84. The Balaban J connectivity index is 1.50. The van der Waals surface area contributed by atoms with Gasteiger partial charge in [0.1, 0.15) is 12.4 Å². The molecule has 1 aromatic carbocycles. The second-order valence-corrected chi connectivity index (χ2v) is 8.32.